The predicted octanol–water partition coefficient (Wildman–Crippen LogP) is 3.10. The van der Waals surface area contributed by atoms with E-state index in [1.807, 2.05) is 49.4 Å². The first-order valence-corrected chi connectivity index (χ1v) is 12.5. The van der Waals surface area contributed by atoms with E-state index in [1.165, 1.54) is 11.2 Å². The normalized spacial score (nSPS) is 21.5. The van der Waals surface area contributed by atoms with Gasteiger partial charge in [-0.15, -0.1) is 0 Å². The average molecular weight is 473 g/mol. The van der Waals surface area contributed by atoms with Crippen molar-refractivity contribution in [3.05, 3.63) is 59.7 Å². The highest BCUT2D eigenvalue weighted by molar-refractivity contribution is 7.89. The molecule has 0 radical (unpaired) electrons. The van der Waals surface area contributed by atoms with Crippen molar-refractivity contribution in [2.24, 2.45) is 5.92 Å². The second kappa shape index (κ2) is 10.5. The van der Waals surface area contributed by atoms with Gasteiger partial charge in [-0.2, -0.15) is 4.31 Å². The number of ether oxygens (including phenoxy) is 1. The summed E-state index contributed by atoms with van der Waals surface area (Å²) in [5.74, 6) is -0.0677. The van der Waals surface area contributed by atoms with E-state index in [1.54, 1.807) is 37.1 Å². The maximum atomic E-state index is 13.5. The van der Waals surface area contributed by atoms with Crippen LogP contribution in [0.15, 0.2) is 53.4 Å². The quantitative estimate of drug-likeness (QED) is 0.653. The molecule has 1 N–H and O–H groups in total. The van der Waals surface area contributed by atoms with Crippen molar-refractivity contribution < 1.29 is 23.1 Å². The van der Waals surface area contributed by atoms with Crippen LogP contribution in [0.2, 0.25) is 0 Å². The molecule has 0 saturated heterocycles. The molecule has 8 heteroatoms. The van der Waals surface area contributed by atoms with Crippen molar-refractivity contribution in [3.63, 3.8) is 0 Å². The topological polar surface area (TPSA) is 87.2 Å². The number of rotatable bonds is 6. The molecule has 0 bridgehead atoms. The van der Waals surface area contributed by atoms with Crippen molar-refractivity contribution in [3.8, 4) is 5.75 Å². The number of nitrogens with zero attached hydrogens (tertiary/aromatic N) is 2. The lowest BCUT2D eigenvalue weighted by atomic mass is 10.0. The summed E-state index contributed by atoms with van der Waals surface area (Å²) in [5.41, 5.74) is 1.82. The maximum Gasteiger partial charge on any atom is 0.247 e. The van der Waals surface area contributed by atoms with Gasteiger partial charge in [0.25, 0.3) is 0 Å². The zero-order valence-electron chi connectivity index (χ0n) is 19.5. The van der Waals surface area contributed by atoms with E-state index in [-0.39, 0.29) is 35.6 Å². The second-order valence-corrected chi connectivity index (χ2v) is 10.4. The Morgan fingerprint density at radius 2 is 1.88 bits per heavy atom. The number of hydrogen-bond donors (Lipinski definition) is 1. The largest absolute Gasteiger partial charge is 0.487 e. The SMILES string of the molecule is CC(=O)N(C)C[C@@H]1Oc2cc(/C=C/c3ccccc3)ccc2S(=O)(=O)N([C@H](C)CO)C[C@@H]1C. The van der Waals surface area contributed by atoms with Crippen LogP contribution in [0, 0.1) is 5.92 Å². The minimum Gasteiger partial charge on any atom is -0.487 e. The number of sulfonamides is 1. The van der Waals surface area contributed by atoms with E-state index in [9.17, 15) is 18.3 Å². The zero-order chi connectivity index (χ0) is 24.2. The Labute approximate surface area is 196 Å². The van der Waals surface area contributed by atoms with E-state index >= 15 is 0 Å². The zero-order valence-corrected chi connectivity index (χ0v) is 20.3. The summed E-state index contributed by atoms with van der Waals surface area (Å²) in [6, 6.07) is 14.2. The van der Waals surface area contributed by atoms with Crippen molar-refractivity contribution in [1.29, 1.82) is 0 Å². The van der Waals surface area contributed by atoms with Crippen molar-refractivity contribution in [1.82, 2.24) is 9.21 Å². The van der Waals surface area contributed by atoms with Crippen LogP contribution in [-0.4, -0.2) is 67.5 Å². The van der Waals surface area contributed by atoms with E-state index in [0.717, 1.165) is 11.1 Å². The summed E-state index contributed by atoms with van der Waals surface area (Å²) in [6.45, 7) is 5.27. The van der Waals surface area contributed by atoms with Gasteiger partial charge in [0.2, 0.25) is 15.9 Å². The molecule has 0 aliphatic carbocycles. The smallest absolute Gasteiger partial charge is 0.247 e. The highest BCUT2D eigenvalue weighted by Gasteiger charge is 2.38. The number of carbonyl (C=O) groups is 1. The molecule has 7 nitrogen and oxygen atoms in total. The third-order valence-electron chi connectivity index (χ3n) is 5.95. The minimum absolute atomic E-state index is 0.0574. The van der Waals surface area contributed by atoms with Gasteiger partial charge in [0.1, 0.15) is 16.7 Å². The second-order valence-electron chi connectivity index (χ2n) is 8.59. The molecular weight excluding hydrogens is 440 g/mol. The van der Waals surface area contributed by atoms with Gasteiger partial charge < -0.3 is 14.7 Å². The first-order chi connectivity index (χ1) is 15.6. The lowest BCUT2D eigenvalue weighted by Gasteiger charge is -2.37. The molecule has 3 atom stereocenters. The van der Waals surface area contributed by atoms with Crippen molar-refractivity contribution in [2.75, 3.05) is 26.7 Å². The molecule has 0 spiro atoms. The van der Waals surface area contributed by atoms with Gasteiger partial charge in [-0.1, -0.05) is 55.5 Å². The van der Waals surface area contributed by atoms with Crippen LogP contribution in [0.5, 0.6) is 5.75 Å². The van der Waals surface area contributed by atoms with Crippen LogP contribution in [0.1, 0.15) is 31.9 Å². The van der Waals surface area contributed by atoms with Crippen LogP contribution >= 0.6 is 0 Å². The number of amides is 1. The van der Waals surface area contributed by atoms with Gasteiger partial charge in [0.05, 0.1) is 13.2 Å². The minimum atomic E-state index is -3.90. The maximum absolute atomic E-state index is 13.5. The first-order valence-electron chi connectivity index (χ1n) is 11.0. The van der Waals surface area contributed by atoms with Gasteiger partial charge >= 0.3 is 0 Å². The van der Waals surface area contributed by atoms with Crippen LogP contribution in [0.25, 0.3) is 12.2 Å². The molecule has 2 aromatic rings. The van der Waals surface area contributed by atoms with Gasteiger partial charge in [-0.05, 0) is 30.2 Å². The lowest BCUT2D eigenvalue weighted by Crippen LogP contribution is -2.50. The van der Waals surface area contributed by atoms with Gasteiger partial charge in [0, 0.05) is 32.5 Å². The van der Waals surface area contributed by atoms with Crippen LogP contribution in [0.4, 0.5) is 0 Å². The summed E-state index contributed by atoms with van der Waals surface area (Å²) in [5, 5.41) is 9.72. The van der Waals surface area contributed by atoms with E-state index < -0.39 is 22.2 Å². The summed E-state index contributed by atoms with van der Waals surface area (Å²) >= 11 is 0. The fraction of sp³-hybridized carbons (Fsp3) is 0.400. The van der Waals surface area contributed by atoms with E-state index in [4.69, 9.17) is 4.74 Å². The fourth-order valence-corrected chi connectivity index (χ4v) is 5.54. The number of aliphatic hydroxyl groups excluding tert-OH is 1. The summed E-state index contributed by atoms with van der Waals surface area (Å²) < 4.78 is 34.6. The molecule has 3 rings (SSSR count). The Morgan fingerprint density at radius 3 is 2.52 bits per heavy atom. The van der Waals surface area contributed by atoms with Crippen LogP contribution in [-0.2, 0) is 14.8 Å². The molecule has 33 heavy (non-hydrogen) atoms. The standard InChI is InChI=1S/C25H32N2O5S/c1-18-15-27(19(2)17-28)33(30,31)25-13-12-22(11-10-21-8-6-5-7-9-21)14-23(25)32-24(18)16-26(4)20(3)29/h5-14,18-19,24,28H,15-17H2,1-4H3/b11-10+/t18-,19+,24-/m0/s1. The Balaban J connectivity index is 2.06. The predicted molar refractivity (Wildman–Crippen MR) is 129 cm³/mol. The molecule has 1 aliphatic heterocycles. The molecule has 1 heterocycles. The number of likely N-dealkylation sites (N-methyl/N-ethyl adjacent to an activating group) is 1. The molecule has 1 amide bonds. The number of aliphatic hydroxyl groups is 1. The summed E-state index contributed by atoms with van der Waals surface area (Å²) in [4.78, 5) is 13.5. The third-order valence-corrected chi connectivity index (χ3v) is 7.97. The monoisotopic (exact) mass is 472 g/mol. The van der Waals surface area contributed by atoms with E-state index in [2.05, 4.69) is 0 Å². The molecule has 178 valence electrons. The summed E-state index contributed by atoms with van der Waals surface area (Å²) in [7, 11) is -2.20. The molecule has 0 unspecified atom stereocenters. The highest BCUT2D eigenvalue weighted by atomic mass is 32.2. The molecular formula is C25H32N2O5S. The number of fused-ring (bicyclic) bond motifs is 1. The number of hydrogen-bond acceptors (Lipinski definition) is 5. The molecule has 0 saturated carbocycles. The van der Waals surface area contributed by atoms with Gasteiger partial charge in [0.15, 0.2) is 0 Å². The highest BCUT2D eigenvalue weighted by Crippen LogP contribution is 2.34. The Morgan fingerprint density at radius 1 is 1.21 bits per heavy atom. The molecule has 1 aliphatic rings. The first kappa shape index (κ1) is 25.0. The van der Waals surface area contributed by atoms with Crippen LogP contribution < -0.4 is 4.74 Å². The van der Waals surface area contributed by atoms with Gasteiger partial charge in [-0.25, -0.2) is 8.42 Å². The average Bonchev–Trinajstić information content (AvgIpc) is 2.79. The Hall–Kier alpha value is -2.68. The Kier molecular flexibility index (Phi) is 7.94. The van der Waals surface area contributed by atoms with Crippen molar-refractivity contribution >= 4 is 28.1 Å². The van der Waals surface area contributed by atoms with Crippen molar-refractivity contribution in [2.45, 2.75) is 37.8 Å². The van der Waals surface area contributed by atoms with Crippen LogP contribution in [0.3, 0.4) is 0 Å². The fourth-order valence-electron chi connectivity index (χ4n) is 3.72. The Bertz CT molecular complexity index is 1100. The third kappa shape index (κ3) is 5.82. The summed E-state index contributed by atoms with van der Waals surface area (Å²) in [6.07, 6.45) is 3.43. The molecule has 2 aromatic carbocycles. The number of benzene rings is 2. The molecule has 0 fully saturated rings. The lowest BCUT2D eigenvalue weighted by molar-refractivity contribution is -0.129. The van der Waals surface area contributed by atoms with E-state index in [0.29, 0.717) is 6.54 Å². The number of carbonyl (C=O) groups excluding carboxylic acids is 1. The molecule has 0 aromatic heterocycles. The van der Waals surface area contributed by atoms with Gasteiger partial charge in [-0.3, -0.25) is 4.79 Å².